The molecular formula is C19H16F3N3O2. The van der Waals surface area contributed by atoms with Gasteiger partial charge in [0.05, 0.1) is 12.0 Å². The molecule has 0 saturated heterocycles. The molecule has 0 radical (unpaired) electrons. The van der Waals surface area contributed by atoms with E-state index >= 15 is 0 Å². The average molecular weight is 375 g/mol. The highest BCUT2D eigenvalue weighted by atomic mass is 19.4. The minimum Gasteiger partial charge on any atom is -0.407 e. The Morgan fingerprint density at radius 2 is 1.78 bits per heavy atom. The number of rotatable bonds is 5. The number of benzene rings is 2. The third-order valence-corrected chi connectivity index (χ3v) is 3.93. The number of aryl methyl sites for hydroxylation is 1. The van der Waals surface area contributed by atoms with Gasteiger partial charge >= 0.3 is 12.2 Å². The van der Waals surface area contributed by atoms with Gasteiger partial charge in [-0.25, -0.2) is 0 Å². The van der Waals surface area contributed by atoms with E-state index in [9.17, 15) is 18.0 Å². The van der Waals surface area contributed by atoms with Gasteiger partial charge in [0, 0.05) is 5.56 Å². The summed E-state index contributed by atoms with van der Waals surface area (Å²) in [5.74, 6) is -0.470. The standard InChI is InChI=1S/C19H16F3N3O2/c1-2-12-6-8-13(9-7-12)10-16-24-25-18(27-16)23-17(26)14-4-3-5-15(11-14)19(20,21)22/h3-9,11H,2,10H2,1H3,(H,23,25,26). The van der Waals surface area contributed by atoms with Crippen LogP contribution in [0, 0.1) is 0 Å². The lowest BCUT2D eigenvalue weighted by Gasteiger charge is -2.07. The van der Waals surface area contributed by atoms with Gasteiger partial charge in [-0.05, 0) is 35.7 Å². The summed E-state index contributed by atoms with van der Waals surface area (Å²) in [7, 11) is 0. The van der Waals surface area contributed by atoms with Crippen molar-refractivity contribution in [2.75, 3.05) is 5.32 Å². The first-order chi connectivity index (χ1) is 12.8. The monoisotopic (exact) mass is 375 g/mol. The van der Waals surface area contributed by atoms with Gasteiger partial charge in [0.15, 0.2) is 0 Å². The zero-order valence-corrected chi connectivity index (χ0v) is 14.4. The number of amides is 1. The van der Waals surface area contributed by atoms with Gasteiger partial charge in [-0.15, -0.1) is 5.10 Å². The number of alkyl halides is 3. The Labute approximate surface area is 153 Å². The second kappa shape index (κ2) is 7.61. The number of carbonyl (C=O) groups is 1. The van der Waals surface area contributed by atoms with E-state index in [1.165, 1.54) is 11.6 Å². The van der Waals surface area contributed by atoms with E-state index < -0.39 is 17.6 Å². The molecule has 1 heterocycles. The first-order valence-corrected chi connectivity index (χ1v) is 8.24. The maximum Gasteiger partial charge on any atom is 0.416 e. The molecule has 0 saturated carbocycles. The Kier molecular flexibility index (Phi) is 5.25. The Morgan fingerprint density at radius 3 is 2.44 bits per heavy atom. The van der Waals surface area contributed by atoms with E-state index in [1.807, 2.05) is 24.3 Å². The molecule has 0 aliphatic carbocycles. The maximum absolute atomic E-state index is 12.7. The molecule has 0 bridgehead atoms. The average Bonchev–Trinajstić information content (AvgIpc) is 3.08. The molecule has 1 N–H and O–H groups in total. The number of halogens is 3. The zero-order chi connectivity index (χ0) is 19.4. The second-order valence-electron chi connectivity index (χ2n) is 5.88. The molecule has 3 rings (SSSR count). The van der Waals surface area contributed by atoms with Gasteiger partial charge in [0.2, 0.25) is 5.89 Å². The van der Waals surface area contributed by atoms with Crippen molar-refractivity contribution in [3.63, 3.8) is 0 Å². The Bertz CT molecular complexity index is 934. The van der Waals surface area contributed by atoms with Crippen molar-refractivity contribution in [2.24, 2.45) is 0 Å². The molecule has 1 aromatic heterocycles. The van der Waals surface area contributed by atoms with Crippen LogP contribution in [0.3, 0.4) is 0 Å². The van der Waals surface area contributed by atoms with E-state index in [-0.39, 0.29) is 11.6 Å². The van der Waals surface area contributed by atoms with Gasteiger partial charge < -0.3 is 4.42 Å². The van der Waals surface area contributed by atoms with E-state index in [4.69, 9.17) is 4.42 Å². The van der Waals surface area contributed by atoms with Crippen molar-refractivity contribution < 1.29 is 22.4 Å². The number of aromatic nitrogens is 2. The fraction of sp³-hybridized carbons (Fsp3) is 0.211. The molecule has 0 fully saturated rings. The number of hydrogen-bond acceptors (Lipinski definition) is 4. The molecule has 0 aliphatic rings. The third-order valence-electron chi connectivity index (χ3n) is 3.93. The van der Waals surface area contributed by atoms with E-state index in [2.05, 4.69) is 22.4 Å². The van der Waals surface area contributed by atoms with Crippen molar-refractivity contribution in [1.82, 2.24) is 10.2 Å². The zero-order valence-electron chi connectivity index (χ0n) is 14.4. The smallest absolute Gasteiger partial charge is 0.407 e. The van der Waals surface area contributed by atoms with E-state index in [0.29, 0.717) is 12.3 Å². The van der Waals surface area contributed by atoms with Gasteiger partial charge in [-0.1, -0.05) is 42.4 Å². The lowest BCUT2D eigenvalue weighted by molar-refractivity contribution is -0.137. The topological polar surface area (TPSA) is 68.0 Å². The first-order valence-electron chi connectivity index (χ1n) is 8.24. The Morgan fingerprint density at radius 1 is 1.07 bits per heavy atom. The maximum atomic E-state index is 12.7. The minimum absolute atomic E-state index is 0.153. The fourth-order valence-electron chi connectivity index (χ4n) is 2.45. The minimum atomic E-state index is -4.53. The van der Waals surface area contributed by atoms with Gasteiger partial charge in [-0.3, -0.25) is 10.1 Å². The summed E-state index contributed by atoms with van der Waals surface area (Å²) in [6, 6.07) is 11.8. The predicted octanol–water partition coefficient (Wildman–Crippen LogP) is 4.49. The Hall–Kier alpha value is -3.16. The van der Waals surface area contributed by atoms with Crippen LogP contribution in [0.15, 0.2) is 52.9 Å². The van der Waals surface area contributed by atoms with Crippen LogP contribution in [-0.2, 0) is 19.0 Å². The summed E-state index contributed by atoms with van der Waals surface area (Å²) < 4.78 is 43.6. The van der Waals surface area contributed by atoms with Crippen molar-refractivity contribution in [3.8, 4) is 0 Å². The lowest BCUT2D eigenvalue weighted by Crippen LogP contribution is -2.14. The molecule has 27 heavy (non-hydrogen) atoms. The fourth-order valence-corrected chi connectivity index (χ4v) is 2.45. The molecule has 0 spiro atoms. The third kappa shape index (κ3) is 4.72. The normalized spacial score (nSPS) is 11.4. The number of nitrogens with zero attached hydrogens (tertiary/aromatic N) is 2. The summed E-state index contributed by atoms with van der Waals surface area (Å²) in [5.41, 5.74) is 1.11. The highest BCUT2D eigenvalue weighted by Crippen LogP contribution is 2.29. The molecule has 1 amide bonds. The van der Waals surface area contributed by atoms with Crippen molar-refractivity contribution >= 4 is 11.9 Å². The second-order valence-corrected chi connectivity index (χ2v) is 5.88. The largest absolute Gasteiger partial charge is 0.416 e. The molecule has 5 nitrogen and oxygen atoms in total. The molecule has 2 aromatic carbocycles. The van der Waals surface area contributed by atoms with E-state index in [0.717, 1.165) is 30.2 Å². The molecule has 140 valence electrons. The van der Waals surface area contributed by atoms with E-state index in [1.54, 1.807) is 0 Å². The van der Waals surface area contributed by atoms with Crippen molar-refractivity contribution in [1.29, 1.82) is 0 Å². The molecule has 3 aromatic rings. The van der Waals surface area contributed by atoms with Crippen LogP contribution in [-0.4, -0.2) is 16.1 Å². The first kappa shape index (κ1) is 18.6. The molecule has 0 unspecified atom stereocenters. The van der Waals surface area contributed by atoms with Gasteiger partial charge in [0.1, 0.15) is 0 Å². The molecular weight excluding hydrogens is 359 g/mol. The summed E-state index contributed by atoms with van der Waals surface area (Å²) in [6.07, 6.45) is -3.20. The number of nitrogens with one attached hydrogen (secondary N) is 1. The quantitative estimate of drug-likeness (QED) is 0.713. The number of anilines is 1. The van der Waals surface area contributed by atoms with Crippen LogP contribution in [0.1, 0.15) is 39.9 Å². The van der Waals surface area contributed by atoms with Gasteiger partial charge in [0.25, 0.3) is 5.91 Å². The van der Waals surface area contributed by atoms with Crippen LogP contribution in [0.25, 0.3) is 0 Å². The van der Waals surface area contributed by atoms with Crippen LogP contribution in [0.4, 0.5) is 19.2 Å². The molecule has 0 atom stereocenters. The summed E-state index contributed by atoms with van der Waals surface area (Å²) in [6.45, 7) is 2.06. The predicted molar refractivity (Wildman–Crippen MR) is 92.3 cm³/mol. The van der Waals surface area contributed by atoms with Crippen LogP contribution in [0.5, 0.6) is 0 Å². The van der Waals surface area contributed by atoms with Gasteiger partial charge in [-0.2, -0.15) is 13.2 Å². The highest BCUT2D eigenvalue weighted by molar-refractivity contribution is 6.03. The SMILES string of the molecule is CCc1ccc(Cc2nnc(NC(=O)c3cccc(C(F)(F)F)c3)o2)cc1. The summed E-state index contributed by atoms with van der Waals surface area (Å²) in [5, 5.41) is 9.87. The van der Waals surface area contributed by atoms with Crippen LogP contribution >= 0.6 is 0 Å². The van der Waals surface area contributed by atoms with Crippen molar-refractivity contribution in [3.05, 3.63) is 76.7 Å². The van der Waals surface area contributed by atoms with Crippen LogP contribution in [0.2, 0.25) is 0 Å². The summed E-state index contributed by atoms with van der Waals surface area (Å²) in [4.78, 5) is 12.1. The lowest BCUT2D eigenvalue weighted by atomic mass is 10.1. The number of carbonyl (C=O) groups excluding carboxylic acids is 1. The van der Waals surface area contributed by atoms with Crippen molar-refractivity contribution in [2.45, 2.75) is 25.9 Å². The highest BCUT2D eigenvalue weighted by Gasteiger charge is 2.31. The number of hydrogen-bond donors (Lipinski definition) is 1. The Balaban J connectivity index is 1.67. The van der Waals surface area contributed by atoms with Crippen LogP contribution < -0.4 is 5.32 Å². The summed E-state index contributed by atoms with van der Waals surface area (Å²) >= 11 is 0. The molecule has 0 aliphatic heterocycles. The molecule has 8 heteroatoms.